The summed E-state index contributed by atoms with van der Waals surface area (Å²) in [4.78, 5) is 39.7. The molecule has 1 aliphatic heterocycles. The van der Waals surface area contributed by atoms with Crippen molar-refractivity contribution in [1.29, 1.82) is 0 Å². The molecule has 0 aliphatic carbocycles. The fourth-order valence-electron chi connectivity index (χ4n) is 3.44. The van der Waals surface area contributed by atoms with Gasteiger partial charge in [-0.1, -0.05) is 65.1 Å². The van der Waals surface area contributed by atoms with Crippen molar-refractivity contribution in [1.82, 2.24) is 4.90 Å². The van der Waals surface area contributed by atoms with Crippen LogP contribution in [0.1, 0.15) is 11.3 Å². The monoisotopic (exact) mass is 559 g/mol. The Kier molecular flexibility index (Phi) is 6.90. The van der Waals surface area contributed by atoms with Crippen LogP contribution in [0.2, 0.25) is 5.02 Å². The SMILES string of the molecule is O=C(CCN1C(=O)/C(=C/c2cccs2)SC1=S)Oc1cc(-c2ccc(Cl)cc2)c2oc(=O)sc2c1. The minimum Gasteiger partial charge on any atom is -0.426 e. The number of hydrogen-bond donors (Lipinski definition) is 0. The summed E-state index contributed by atoms with van der Waals surface area (Å²) in [7, 11) is 0. The third-order valence-corrected chi connectivity index (χ3v) is 8.25. The van der Waals surface area contributed by atoms with Gasteiger partial charge in [-0.15, -0.1) is 11.3 Å². The summed E-state index contributed by atoms with van der Waals surface area (Å²) in [6, 6.07) is 14.1. The number of rotatable bonds is 6. The number of halogens is 1. The summed E-state index contributed by atoms with van der Waals surface area (Å²) >= 11 is 15.0. The maximum Gasteiger partial charge on any atom is 0.396 e. The van der Waals surface area contributed by atoms with Crippen molar-refractivity contribution in [3.05, 3.63) is 78.4 Å². The molecule has 2 aromatic carbocycles. The molecule has 0 N–H and O–H groups in total. The van der Waals surface area contributed by atoms with Crippen LogP contribution in [-0.4, -0.2) is 27.6 Å². The molecule has 0 unspecified atom stereocenters. The summed E-state index contributed by atoms with van der Waals surface area (Å²) in [6.07, 6.45) is 1.75. The molecular weight excluding hydrogens is 546 g/mol. The van der Waals surface area contributed by atoms with Crippen LogP contribution in [0.5, 0.6) is 5.75 Å². The molecule has 11 heteroatoms. The van der Waals surface area contributed by atoms with Gasteiger partial charge in [0, 0.05) is 28.1 Å². The van der Waals surface area contributed by atoms with Crippen LogP contribution in [0.4, 0.5) is 0 Å². The number of thioether (sulfide) groups is 1. The summed E-state index contributed by atoms with van der Waals surface area (Å²) in [5, 5.41) is 2.50. The molecule has 0 atom stereocenters. The van der Waals surface area contributed by atoms with Crippen LogP contribution in [0.25, 0.3) is 27.5 Å². The van der Waals surface area contributed by atoms with Gasteiger partial charge < -0.3 is 9.15 Å². The zero-order valence-electron chi connectivity index (χ0n) is 17.7. The highest BCUT2D eigenvalue weighted by atomic mass is 35.5. The van der Waals surface area contributed by atoms with Gasteiger partial charge >= 0.3 is 10.9 Å². The van der Waals surface area contributed by atoms with Gasteiger partial charge in [0.1, 0.15) is 10.1 Å². The van der Waals surface area contributed by atoms with Crippen molar-refractivity contribution in [2.24, 2.45) is 0 Å². The third-order valence-electron chi connectivity index (χ3n) is 5.02. The number of fused-ring (bicyclic) bond motifs is 1. The molecule has 0 spiro atoms. The van der Waals surface area contributed by atoms with Crippen molar-refractivity contribution < 1.29 is 18.7 Å². The van der Waals surface area contributed by atoms with E-state index < -0.39 is 10.9 Å². The summed E-state index contributed by atoms with van der Waals surface area (Å²) < 4.78 is 11.9. The van der Waals surface area contributed by atoms with E-state index in [1.54, 1.807) is 42.5 Å². The number of carbonyl (C=O) groups excluding carboxylic acids is 2. The number of esters is 1. The second-order valence-electron chi connectivity index (χ2n) is 7.33. The van der Waals surface area contributed by atoms with E-state index in [1.165, 1.54) is 28.0 Å². The van der Waals surface area contributed by atoms with Crippen LogP contribution < -0.4 is 9.68 Å². The molecular formula is C24H14ClNO5S4. The number of carbonyl (C=O) groups is 2. The zero-order chi connectivity index (χ0) is 24.5. The topological polar surface area (TPSA) is 76.8 Å². The Morgan fingerprint density at radius 2 is 1.97 bits per heavy atom. The number of benzene rings is 2. The second-order valence-corrected chi connectivity index (χ2v) is 11.4. The molecule has 1 amide bonds. The van der Waals surface area contributed by atoms with Gasteiger partial charge in [0.2, 0.25) is 0 Å². The normalized spacial score (nSPS) is 14.9. The quantitative estimate of drug-likeness (QED) is 0.116. The molecule has 2 aromatic heterocycles. The Morgan fingerprint density at radius 1 is 1.17 bits per heavy atom. The standard InChI is InChI=1S/C24H14ClNO5S4/c25-14-5-3-13(4-6-14)17-10-15(11-18-21(17)31-24(29)35-18)30-20(27)7-8-26-22(28)19(34-23(26)32)12-16-2-1-9-33-16/h1-6,9-12H,7-8H2/b19-12-. The minimum atomic E-state index is -0.529. The molecule has 0 radical (unpaired) electrons. The fourth-order valence-corrected chi connectivity index (χ4v) is 6.32. The second kappa shape index (κ2) is 10.1. The fraction of sp³-hybridized carbons (Fsp3) is 0.0833. The Bertz CT molecular complexity index is 1540. The molecule has 3 heterocycles. The summed E-state index contributed by atoms with van der Waals surface area (Å²) in [5.74, 6) is -0.484. The van der Waals surface area contributed by atoms with Crippen molar-refractivity contribution in [2.75, 3.05) is 6.54 Å². The number of amides is 1. The van der Waals surface area contributed by atoms with E-state index in [-0.39, 0.29) is 24.6 Å². The molecule has 35 heavy (non-hydrogen) atoms. The van der Waals surface area contributed by atoms with E-state index in [2.05, 4.69) is 0 Å². The van der Waals surface area contributed by atoms with Crippen LogP contribution >= 0.6 is 58.3 Å². The Hall–Kier alpha value is -2.76. The lowest BCUT2D eigenvalue weighted by molar-refractivity contribution is -0.134. The predicted octanol–water partition coefficient (Wildman–Crippen LogP) is 6.43. The lowest BCUT2D eigenvalue weighted by atomic mass is 10.0. The molecule has 1 saturated heterocycles. The van der Waals surface area contributed by atoms with E-state index in [0.717, 1.165) is 21.8 Å². The first-order valence-corrected chi connectivity index (χ1v) is 13.5. The van der Waals surface area contributed by atoms with Crippen LogP contribution in [0.15, 0.2) is 68.0 Å². The molecule has 1 fully saturated rings. The third kappa shape index (κ3) is 5.26. The van der Waals surface area contributed by atoms with Gasteiger partial charge in [0.25, 0.3) is 5.91 Å². The molecule has 0 bridgehead atoms. The van der Waals surface area contributed by atoms with Crippen LogP contribution in [0.3, 0.4) is 0 Å². The first-order valence-electron chi connectivity index (χ1n) is 10.2. The van der Waals surface area contributed by atoms with Gasteiger partial charge in [0.15, 0.2) is 5.58 Å². The van der Waals surface area contributed by atoms with E-state index >= 15 is 0 Å². The Morgan fingerprint density at radius 3 is 2.71 bits per heavy atom. The molecule has 6 nitrogen and oxygen atoms in total. The molecule has 1 aliphatic rings. The Balaban J connectivity index is 1.31. The van der Waals surface area contributed by atoms with Gasteiger partial charge in [-0.2, -0.15) is 0 Å². The highest BCUT2D eigenvalue weighted by Crippen LogP contribution is 2.36. The van der Waals surface area contributed by atoms with Crippen molar-refractivity contribution in [2.45, 2.75) is 6.42 Å². The average Bonchev–Trinajstić information content (AvgIpc) is 3.53. The molecule has 4 aromatic rings. The van der Waals surface area contributed by atoms with Crippen molar-refractivity contribution >= 4 is 90.8 Å². The number of thiocarbonyl (C=S) groups is 1. The van der Waals surface area contributed by atoms with E-state index in [9.17, 15) is 14.4 Å². The van der Waals surface area contributed by atoms with Gasteiger partial charge in [-0.25, -0.2) is 4.79 Å². The average molecular weight is 560 g/mol. The van der Waals surface area contributed by atoms with Gasteiger partial charge in [0.05, 0.1) is 16.0 Å². The maximum absolute atomic E-state index is 12.7. The number of ether oxygens (including phenoxy) is 1. The lowest BCUT2D eigenvalue weighted by Gasteiger charge is -2.14. The lowest BCUT2D eigenvalue weighted by Crippen LogP contribution is -2.31. The van der Waals surface area contributed by atoms with Crippen LogP contribution in [-0.2, 0) is 9.59 Å². The number of thiophene rings is 1. The highest BCUT2D eigenvalue weighted by Gasteiger charge is 2.32. The van der Waals surface area contributed by atoms with Crippen molar-refractivity contribution in [3.8, 4) is 16.9 Å². The smallest absolute Gasteiger partial charge is 0.396 e. The van der Waals surface area contributed by atoms with Crippen LogP contribution in [0, 0.1) is 0 Å². The van der Waals surface area contributed by atoms with E-state index in [4.69, 9.17) is 33.0 Å². The van der Waals surface area contributed by atoms with Gasteiger partial charge in [-0.3, -0.25) is 14.5 Å². The summed E-state index contributed by atoms with van der Waals surface area (Å²) in [5.41, 5.74) is 1.78. The minimum absolute atomic E-state index is 0.0470. The molecule has 0 saturated carbocycles. The molecule has 176 valence electrons. The number of hydrogen-bond acceptors (Lipinski definition) is 9. The van der Waals surface area contributed by atoms with E-state index in [1.807, 2.05) is 17.5 Å². The highest BCUT2D eigenvalue weighted by molar-refractivity contribution is 8.26. The maximum atomic E-state index is 12.7. The predicted molar refractivity (Wildman–Crippen MR) is 145 cm³/mol. The summed E-state index contributed by atoms with van der Waals surface area (Å²) in [6.45, 7) is 0.108. The largest absolute Gasteiger partial charge is 0.426 e. The zero-order valence-corrected chi connectivity index (χ0v) is 21.7. The van der Waals surface area contributed by atoms with E-state index in [0.29, 0.717) is 30.1 Å². The van der Waals surface area contributed by atoms with Crippen molar-refractivity contribution in [3.63, 3.8) is 0 Å². The van der Waals surface area contributed by atoms with Gasteiger partial charge in [-0.05, 0) is 41.3 Å². The molecule has 5 rings (SSSR count). The Labute approximate surface area is 221 Å². The number of nitrogens with zero attached hydrogens (tertiary/aromatic N) is 1. The first kappa shape index (κ1) is 24.0. The first-order chi connectivity index (χ1) is 16.9.